The Bertz CT molecular complexity index is 613. The van der Waals surface area contributed by atoms with Crippen molar-refractivity contribution in [3.63, 3.8) is 0 Å². The van der Waals surface area contributed by atoms with Gasteiger partial charge in [0.15, 0.2) is 0 Å². The number of carboxylic acid groups (broad SMARTS) is 2. The zero-order valence-electron chi connectivity index (χ0n) is 10.0. The highest BCUT2D eigenvalue weighted by atomic mass is 16.4. The molecule has 2 aromatic carbocycles. The molecule has 0 atom stereocenters. The number of aryl methyl sites for hydroxylation is 2. The predicted octanol–water partition coefficient (Wildman–Crippen LogP) is 2.85. The van der Waals surface area contributed by atoms with E-state index < -0.39 is 11.9 Å². The molecule has 0 saturated heterocycles. The number of carbonyl (C=O) groups is 2. The van der Waals surface area contributed by atoms with Gasteiger partial charge in [-0.25, -0.2) is 9.59 Å². The Morgan fingerprint density at radius 1 is 0.833 bits per heavy atom. The van der Waals surface area contributed by atoms with Crippen molar-refractivity contribution in [2.75, 3.05) is 0 Å². The smallest absolute Gasteiger partial charge is 0.336 e. The van der Waals surface area contributed by atoms with E-state index in [4.69, 9.17) is 0 Å². The van der Waals surface area contributed by atoms with Crippen LogP contribution < -0.4 is 0 Å². The Hall–Kier alpha value is -2.36. The van der Waals surface area contributed by atoms with Crippen LogP contribution in [0.15, 0.2) is 24.3 Å². The van der Waals surface area contributed by atoms with E-state index in [1.165, 1.54) is 0 Å². The summed E-state index contributed by atoms with van der Waals surface area (Å²) in [4.78, 5) is 22.6. The minimum Gasteiger partial charge on any atom is -0.478 e. The zero-order valence-corrected chi connectivity index (χ0v) is 10.0. The number of benzene rings is 2. The van der Waals surface area contributed by atoms with Crippen LogP contribution in [0, 0.1) is 13.8 Å². The first kappa shape index (κ1) is 12.1. The number of fused-ring (bicyclic) bond motifs is 1. The number of hydrogen-bond acceptors (Lipinski definition) is 2. The van der Waals surface area contributed by atoms with E-state index in [-0.39, 0.29) is 11.1 Å². The van der Waals surface area contributed by atoms with Gasteiger partial charge in [0.2, 0.25) is 0 Å². The quantitative estimate of drug-likeness (QED) is 0.851. The Balaban J connectivity index is 3.06. The van der Waals surface area contributed by atoms with Crippen LogP contribution in [0.4, 0.5) is 0 Å². The summed E-state index contributed by atoms with van der Waals surface area (Å²) in [6.45, 7) is 3.27. The van der Waals surface area contributed by atoms with Crippen molar-refractivity contribution in [3.8, 4) is 0 Å². The molecule has 0 amide bonds. The highest BCUT2D eigenvalue weighted by molar-refractivity contribution is 6.10. The van der Waals surface area contributed by atoms with Crippen LogP contribution >= 0.6 is 0 Å². The van der Waals surface area contributed by atoms with Gasteiger partial charge in [-0.05, 0) is 35.7 Å². The van der Waals surface area contributed by atoms with E-state index in [1.54, 1.807) is 38.1 Å². The summed E-state index contributed by atoms with van der Waals surface area (Å²) in [6, 6.07) is 7.22. The van der Waals surface area contributed by atoms with E-state index in [0.29, 0.717) is 11.1 Å². The molecular weight excluding hydrogens is 232 g/mol. The lowest BCUT2D eigenvalue weighted by Gasteiger charge is -2.13. The SMILES string of the molecule is Cc1c(C(=O)O)c(C(=O)O)c(C)c2ccccc12. The molecular formula is C14H12O4. The Morgan fingerprint density at radius 2 is 1.17 bits per heavy atom. The molecule has 0 spiro atoms. The van der Waals surface area contributed by atoms with Crippen molar-refractivity contribution in [1.29, 1.82) is 0 Å². The Morgan fingerprint density at radius 3 is 1.44 bits per heavy atom. The van der Waals surface area contributed by atoms with E-state index >= 15 is 0 Å². The molecule has 2 N–H and O–H groups in total. The fourth-order valence-electron chi connectivity index (χ4n) is 2.32. The molecule has 0 radical (unpaired) electrons. The minimum absolute atomic E-state index is 0.126. The predicted molar refractivity (Wildman–Crippen MR) is 67.3 cm³/mol. The summed E-state index contributed by atoms with van der Waals surface area (Å²) in [5.41, 5.74) is 0.722. The molecule has 18 heavy (non-hydrogen) atoms. The lowest BCUT2D eigenvalue weighted by molar-refractivity contribution is 0.0650. The molecule has 4 heteroatoms. The van der Waals surface area contributed by atoms with E-state index in [2.05, 4.69) is 0 Å². The molecule has 0 aliphatic rings. The van der Waals surface area contributed by atoms with Crippen LogP contribution in [0.5, 0.6) is 0 Å². The molecule has 0 heterocycles. The summed E-state index contributed by atoms with van der Waals surface area (Å²) < 4.78 is 0. The van der Waals surface area contributed by atoms with E-state index in [9.17, 15) is 19.8 Å². The van der Waals surface area contributed by atoms with Crippen molar-refractivity contribution in [1.82, 2.24) is 0 Å². The van der Waals surface area contributed by atoms with Crippen molar-refractivity contribution >= 4 is 22.7 Å². The Kier molecular flexibility index (Phi) is 2.79. The topological polar surface area (TPSA) is 74.6 Å². The van der Waals surface area contributed by atoms with Gasteiger partial charge in [0, 0.05) is 0 Å². The number of carboxylic acids is 2. The lowest BCUT2D eigenvalue weighted by Crippen LogP contribution is -2.13. The highest BCUT2D eigenvalue weighted by Crippen LogP contribution is 2.29. The molecule has 2 rings (SSSR count). The van der Waals surface area contributed by atoms with Gasteiger partial charge in [-0.2, -0.15) is 0 Å². The summed E-state index contributed by atoms with van der Waals surface area (Å²) in [7, 11) is 0. The number of aromatic carboxylic acids is 2. The maximum atomic E-state index is 11.3. The maximum absolute atomic E-state index is 11.3. The third kappa shape index (κ3) is 1.62. The third-order valence-electron chi connectivity index (χ3n) is 3.16. The van der Waals surface area contributed by atoms with Crippen LogP contribution in [0.2, 0.25) is 0 Å². The molecule has 4 nitrogen and oxygen atoms in total. The van der Waals surface area contributed by atoms with Crippen LogP contribution in [0.25, 0.3) is 10.8 Å². The average molecular weight is 244 g/mol. The van der Waals surface area contributed by atoms with Gasteiger partial charge in [-0.15, -0.1) is 0 Å². The first-order valence-corrected chi connectivity index (χ1v) is 5.43. The largest absolute Gasteiger partial charge is 0.478 e. The van der Waals surface area contributed by atoms with Crippen molar-refractivity contribution in [3.05, 3.63) is 46.5 Å². The van der Waals surface area contributed by atoms with Gasteiger partial charge in [-0.3, -0.25) is 0 Å². The molecule has 0 saturated carbocycles. The Labute approximate surface area is 103 Å². The molecule has 0 aliphatic carbocycles. The molecule has 0 fully saturated rings. The van der Waals surface area contributed by atoms with Gasteiger partial charge < -0.3 is 10.2 Å². The van der Waals surface area contributed by atoms with Crippen LogP contribution in [-0.2, 0) is 0 Å². The van der Waals surface area contributed by atoms with Gasteiger partial charge in [-0.1, -0.05) is 24.3 Å². The molecule has 0 unspecified atom stereocenters. The van der Waals surface area contributed by atoms with Gasteiger partial charge in [0.05, 0.1) is 11.1 Å². The molecule has 2 aromatic rings. The number of hydrogen-bond donors (Lipinski definition) is 2. The third-order valence-corrected chi connectivity index (χ3v) is 3.16. The number of rotatable bonds is 2. The molecule has 0 bridgehead atoms. The first-order valence-electron chi connectivity index (χ1n) is 5.43. The first-order chi connectivity index (χ1) is 8.45. The average Bonchev–Trinajstić information content (AvgIpc) is 2.32. The van der Waals surface area contributed by atoms with Crippen LogP contribution in [0.1, 0.15) is 31.8 Å². The highest BCUT2D eigenvalue weighted by Gasteiger charge is 2.23. The van der Waals surface area contributed by atoms with E-state index in [0.717, 1.165) is 10.8 Å². The normalized spacial score (nSPS) is 10.6. The summed E-state index contributed by atoms with van der Waals surface area (Å²) in [5.74, 6) is -2.42. The van der Waals surface area contributed by atoms with Gasteiger partial charge >= 0.3 is 11.9 Å². The monoisotopic (exact) mass is 244 g/mol. The summed E-state index contributed by atoms with van der Waals surface area (Å²) in [6.07, 6.45) is 0. The fourth-order valence-corrected chi connectivity index (χ4v) is 2.32. The maximum Gasteiger partial charge on any atom is 0.336 e. The molecule has 0 aromatic heterocycles. The minimum atomic E-state index is -1.21. The fraction of sp³-hybridized carbons (Fsp3) is 0.143. The van der Waals surface area contributed by atoms with Crippen LogP contribution in [0.3, 0.4) is 0 Å². The molecule has 0 aliphatic heterocycles. The van der Waals surface area contributed by atoms with E-state index in [1.807, 2.05) is 0 Å². The van der Waals surface area contributed by atoms with Gasteiger partial charge in [0.1, 0.15) is 0 Å². The zero-order chi connectivity index (χ0) is 13.4. The molecule has 92 valence electrons. The summed E-state index contributed by atoms with van der Waals surface area (Å²) in [5, 5.41) is 20.0. The van der Waals surface area contributed by atoms with Crippen molar-refractivity contribution in [2.24, 2.45) is 0 Å². The van der Waals surface area contributed by atoms with Crippen molar-refractivity contribution in [2.45, 2.75) is 13.8 Å². The van der Waals surface area contributed by atoms with Crippen LogP contribution in [-0.4, -0.2) is 22.2 Å². The summed E-state index contributed by atoms with van der Waals surface area (Å²) >= 11 is 0. The second-order valence-corrected chi connectivity index (χ2v) is 4.16. The van der Waals surface area contributed by atoms with Crippen molar-refractivity contribution < 1.29 is 19.8 Å². The second kappa shape index (κ2) is 4.14. The second-order valence-electron chi connectivity index (χ2n) is 4.16. The standard InChI is InChI=1S/C14H12O4/c1-7-9-5-3-4-6-10(9)8(2)12(14(17)18)11(7)13(15)16/h3-6H,1-2H3,(H,15,16)(H,17,18). The lowest BCUT2D eigenvalue weighted by atomic mass is 9.90. The van der Waals surface area contributed by atoms with Gasteiger partial charge in [0.25, 0.3) is 0 Å².